The second kappa shape index (κ2) is 9.26. The topological polar surface area (TPSA) is 73.2 Å². The maximum absolute atomic E-state index is 12.2. The zero-order chi connectivity index (χ0) is 21.6. The number of rotatable bonds is 7. The number of ether oxygens (including phenoxy) is 1. The standard InChI is InChI=1S/C25H23N3O3/c1-18-9-11-20(12-10-18)22-13-14-25(30)28(27-22)16-15-26-24(29)17-31-23-8-4-6-19-5-2-3-7-21(19)23/h2-14H,15-17H2,1H3,(H,26,29). The van der Waals surface area contributed by atoms with Gasteiger partial charge in [-0.15, -0.1) is 0 Å². The van der Waals surface area contributed by atoms with Gasteiger partial charge in [-0.1, -0.05) is 66.2 Å². The quantitative estimate of drug-likeness (QED) is 0.503. The summed E-state index contributed by atoms with van der Waals surface area (Å²) in [5.74, 6) is 0.410. The van der Waals surface area contributed by atoms with Crippen molar-refractivity contribution in [2.45, 2.75) is 13.5 Å². The van der Waals surface area contributed by atoms with Crippen molar-refractivity contribution in [1.29, 1.82) is 0 Å². The summed E-state index contributed by atoms with van der Waals surface area (Å²) in [7, 11) is 0. The lowest BCUT2D eigenvalue weighted by atomic mass is 10.1. The van der Waals surface area contributed by atoms with Gasteiger partial charge in [-0.25, -0.2) is 4.68 Å². The maximum atomic E-state index is 12.2. The third-order valence-corrected chi connectivity index (χ3v) is 4.97. The van der Waals surface area contributed by atoms with Crippen molar-refractivity contribution >= 4 is 16.7 Å². The number of benzene rings is 3. The molecule has 0 aliphatic heterocycles. The van der Waals surface area contributed by atoms with Gasteiger partial charge in [0.1, 0.15) is 5.75 Å². The highest BCUT2D eigenvalue weighted by Gasteiger charge is 2.07. The SMILES string of the molecule is Cc1ccc(-c2ccc(=O)n(CCNC(=O)COc3cccc4ccccc34)n2)cc1. The van der Waals surface area contributed by atoms with Gasteiger partial charge in [-0.3, -0.25) is 9.59 Å². The number of carbonyl (C=O) groups is 1. The predicted octanol–water partition coefficient (Wildman–Crippen LogP) is 3.57. The van der Waals surface area contributed by atoms with Crippen molar-refractivity contribution in [2.24, 2.45) is 0 Å². The van der Waals surface area contributed by atoms with Crippen LogP contribution in [0.3, 0.4) is 0 Å². The fraction of sp³-hybridized carbons (Fsp3) is 0.160. The molecule has 0 aliphatic carbocycles. The summed E-state index contributed by atoms with van der Waals surface area (Å²) < 4.78 is 7.06. The molecule has 156 valence electrons. The Kier molecular flexibility index (Phi) is 6.08. The molecule has 0 bridgehead atoms. The first kappa shape index (κ1) is 20.3. The fourth-order valence-electron chi connectivity index (χ4n) is 3.30. The largest absolute Gasteiger partial charge is 0.483 e. The van der Waals surface area contributed by atoms with E-state index in [0.717, 1.165) is 21.9 Å². The Morgan fingerprint density at radius 2 is 1.74 bits per heavy atom. The van der Waals surface area contributed by atoms with Gasteiger partial charge in [0.05, 0.1) is 12.2 Å². The van der Waals surface area contributed by atoms with E-state index in [1.807, 2.05) is 73.7 Å². The second-order valence-electron chi connectivity index (χ2n) is 7.26. The van der Waals surface area contributed by atoms with Crippen molar-refractivity contribution in [3.05, 3.63) is 94.8 Å². The molecule has 1 amide bonds. The number of nitrogens with one attached hydrogen (secondary N) is 1. The van der Waals surface area contributed by atoms with Crippen LogP contribution >= 0.6 is 0 Å². The molecule has 3 aromatic carbocycles. The fourth-order valence-corrected chi connectivity index (χ4v) is 3.30. The normalized spacial score (nSPS) is 10.7. The van der Waals surface area contributed by atoms with Gasteiger partial charge in [-0.05, 0) is 24.4 Å². The highest BCUT2D eigenvalue weighted by Crippen LogP contribution is 2.24. The minimum absolute atomic E-state index is 0.0975. The lowest BCUT2D eigenvalue weighted by molar-refractivity contribution is -0.123. The molecule has 4 aromatic rings. The number of carbonyl (C=O) groups excluding carboxylic acids is 1. The van der Waals surface area contributed by atoms with Crippen LogP contribution in [0.4, 0.5) is 0 Å². The number of aromatic nitrogens is 2. The Morgan fingerprint density at radius 1 is 0.968 bits per heavy atom. The van der Waals surface area contributed by atoms with E-state index in [1.54, 1.807) is 6.07 Å². The minimum atomic E-state index is -0.254. The molecule has 6 heteroatoms. The van der Waals surface area contributed by atoms with Crippen molar-refractivity contribution < 1.29 is 9.53 Å². The van der Waals surface area contributed by atoms with E-state index < -0.39 is 0 Å². The molecule has 0 unspecified atom stereocenters. The summed E-state index contributed by atoms with van der Waals surface area (Å²) >= 11 is 0. The Morgan fingerprint density at radius 3 is 2.58 bits per heavy atom. The summed E-state index contributed by atoms with van der Waals surface area (Å²) in [6.07, 6.45) is 0. The number of amides is 1. The van der Waals surface area contributed by atoms with E-state index in [1.165, 1.54) is 10.7 Å². The zero-order valence-corrected chi connectivity index (χ0v) is 17.2. The van der Waals surface area contributed by atoms with Crippen LogP contribution in [0.15, 0.2) is 83.7 Å². The van der Waals surface area contributed by atoms with E-state index >= 15 is 0 Å². The van der Waals surface area contributed by atoms with Crippen molar-refractivity contribution in [3.8, 4) is 17.0 Å². The molecule has 4 rings (SSSR count). The number of hydrogen-bond donors (Lipinski definition) is 1. The first-order valence-corrected chi connectivity index (χ1v) is 10.1. The summed E-state index contributed by atoms with van der Waals surface area (Å²) in [6, 6.07) is 24.7. The van der Waals surface area contributed by atoms with E-state index in [4.69, 9.17) is 4.74 Å². The van der Waals surface area contributed by atoms with Crippen LogP contribution in [0.1, 0.15) is 5.56 Å². The first-order valence-electron chi connectivity index (χ1n) is 10.1. The number of aryl methyl sites for hydroxylation is 1. The number of nitrogens with zero attached hydrogens (tertiary/aromatic N) is 2. The average molecular weight is 413 g/mol. The predicted molar refractivity (Wildman–Crippen MR) is 121 cm³/mol. The molecule has 1 aromatic heterocycles. The Bertz CT molecular complexity index is 1260. The Hall–Kier alpha value is -3.93. The zero-order valence-electron chi connectivity index (χ0n) is 17.2. The molecule has 1 N–H and O–H groups in total. The minimum Gasteiger partial charge on any atom is -0.483 e. The second-order valence-corrected chi connectivity index (χ2v) is 7.26. The number of hydrogen-bond acceptors (Lipinski definition) is 4. The van der Waals surface area contributed by atoms with Crippen LogP contribution in [-0.2, 0) is 11.3 Å². The molecular weight excluding hydrogens is 390 g/mol. The molecule has 0 aliphatic rings. The van der Waals surface area contributed by atoms with Crippen LogP contribution < -0.4 is 15.6 Å². The van der Waals surface area contributed by atoms with Gasteiger partial charge in [0.25, 0.3) is 11.5 Å². The Labute approximate surface area is 180 Å². The monoisotopic (exact) mass is 413 g/mol. The molecule has 31 heavy (non-hydrogen) atoms. The lowest BCUT2D eigenvalue weighted by Gasteiger charge is -2.11. The van der Waals surface area contributed by atoms with Crippen molar-refractivity contribution in [2.75, 3.05) is 13.2 Å². The molecule has 1 heterocycles. The average Bonchev–Trinajstić information content (AvgIpc) is 2.79. The molecule has 0 atom stereocenters. The van der Waals surface area contributed by atoms with Gasteiger partial charge < -0.3 is 10.1 Å². The molecule has 0 saturated heterocycles. The summed E-state index contributed by atoms with van der Waals surface area (Å²) in [6.45, 7) is 2.48. The molecule has 0 saturated carbocycles. The van der Waals surface area contributed by atoms with Gasteiger partial charge in [0, 0.05) is 23.6 Å². The number of fused-ring (bicyclic) bond motifs is 1. The lowest BCUT2D eigenvalue weighted by Crippen LogP contribution is -2.34. The van der Waals surface area contributed by atoms with Crippen LogP contribution in [0, 0.1) is 6.92 Å². The van der Waals surface area contributed by atoms with E-state index in [2.05, 4.69) is 10.4 Å². The van der Waals surface area contributed by atoms with Gasteiger partial charge >= 0.3 is 0 Å². The van der Waals surface area contributed by atoms with E-state index in [9.17, 15) is 9.59 Å². The third-order valence-electron chi connectivity index (χ3n) is 4.97. The van der Waals surface area contributed by atoms with Gasteiger partial charge in [0.15, 0.2) is 6.61 Å². The van der Waals surface area contributed by atoms with Crippen molar-refractivity contribution in [3.63, 3.8) is 0 Å². The van der Waals surface area contributed by atoms with Crippen LogP contribution in [0.25, 0.3) is 22.0 Å². The summed E-state index contributed by atoms with van der Waals surface area (Å²) in [5.41, 5.74) is 2.60. The highest BCUT2D eigenvalue weighted by atomic mass is 16.5. The summed E-state index contributed by atoms with van der Waals surface area (Å²) in [5, 5.41) is 9.21. The highest BCUT2D eigenvalue weighted by molar-refractivity contribution is 5.88. The van der Waals surface area contributed by atoms with Crippen molar-refractivity contribution in [1.82, 2.24) is 15.1 Å². The Balaban J connectivity index is 1.33. The molecule has 0 radical (unpaired) electrons. The van der Waals surface area contributed by atoms with Gasteiger partial charge in [0.2, 0.25) is 0 Å². The van der Waals surface area contributed by atoms with Crippen LogP contribution in [0.5, 0.6) is 5.75 Å². The van der Waals surface area contributed by atoms with Crippen LogP contribution in [0.2, 0.25) is 0 Å². The first-order chi connectivity index (χ1) is 15.1. The van der Waals surface area contributed by atoms with Crippen LogP contribution in [-0.4, -0.2) is 28.8 Å². The summed E-state index contributed by atoms with van der Waals surface area (Å²) in [4.78, 5) is 24.3. The molecular formula is C25H23N3O3. The van der Waals surface area contributed by atoms with E-state index in [-0.39, 0.29) is 31.2 Å². The van der Waals surface area contributed by atoms with E-state index in [0.29, 0.717) is 11.4 Å². The molecule has 6 nitrogen and oxygen atoms in total. The smallest absolute Gasteiger partial charge is 0.266 e. The molecule has 0 spiro atoms. The third kappa shape index (κ3) is 4.98. The van der Waals surface area contributed by atoms with Gasteiger partial charge in [-0.2, -0.15) is 5.10 Å². The maximum Gasteiger partial charge on any atom is 0.266 e. The molecule has 0 fully saturated rings.